The Hall–Kier alpha value is -1.81. The molecule has 1 aromatic carbocycles. The van der Waals surface area contributed by atoms with E-state index in [0.717, 1.165) is 42.1 Å². The van der Waals surface area contributed by atoms with Crippen molar-refractivity contribution < 1.29 is 0 Å². The third-order valence-electron chi connectivity index (χ3n) is 4.19. The molecule has 2 N–H and O–H groups in total. The lowest BCUT2D eigenvalue weighted by Gasteiger charge is -2.33. The molecule has 106 valence electrons. The molecule has 20 heavy (non-hydrogen) atoms. The maximum Gasteiger partial charge on any atom is 0.257 e. The highest BCUT2D eigenvalue weighted by atomic mass is 16.1. The molecule has 0 amide bonds. The molecule has 1 saturated heterocycles. The fourth-order valence-corrected chi connectivity index (χ4v) is 3.03. The van der Waals surface area contributed by atoms with E-state index in [0.29, 0.717) is 0 Å². The molecule has 4 nitrogen and oxygen atoms in total. The number of nitrogens with one attached hydrogen (secondary N) is 2. The Labute approximate surface area is 118 Å². The van der Waals surface area contributed by atoms with Crippen LogP contribution in [-0.2, 0) is 0 Å². The highest BCUT2D eigenvalue weighted by Gasteiger charge is 2.19. The van der Waals surface area contributed by atoms with Crippen molar-refractivity contribution in [2.75, 3.05) is 31.6 Å². The number of benzene rings is 1. The molecule has 1 aromatic heterocycles. The zero-order valence-corrected chi connectivity index (χ0v) is 11.9. The van der Waals surface area contributed by atoms with Crippen molar-refractivity contribution in [2.24, 2.45) is 5.92 Å². The van der Waals surface area contributed by atoms with Gasteiger partial charge in [-0.15, -0.1) is 0 Å². The predicted octanol–water partition coefficient (Wildman–Crippen LogP) is 1.96. The summed E-state index contributed by atoms with van der Waals surface area (Å²) in [5.41, 5.74) is 0.00967. The van der Waals surface area contributed by atoms with Gasteiger partial charge in [0.2, 0.25) is 0 Å². The number of anilines is 1. The van der Waals surface area contributed by atoms with Crippen LogP contribution in [0.2, 0.25) is 0 Å². The summed E-state index contributed by atoms with van der Waals surface area (Å²) >= 11 is 0. The lowest BCUT2D eigenvalue weighted by atomic mass is 9.97. The minimum Gasteiger partial charge on any atom is -0.358 e. The number of rotatable bonds is 3. The van der Waals surface area contributed by atoms with E-state index in [1.165, 1.54) is 12.8 Å². The van der Waals surface area contributed by atoms with Gasteiger partial charge in [0.05, 0.1) is 0 Å². The molecule has 2 aromatic rings. The summed E-state index contributed by atoms with van der Waals surface area (Å²) in [6.07, 6.45) is 2.35. The van der Waals surface area contributed by atoms with Crippen molar-refractivity contribution in [1.82, 2.24) is 10.3 Å². The maximum atomic E-state index is 12.1. The van der Waals surface area contributed by atoms with Gasteiger partial charge in [-0.2, -0.15) is 0 Å². The van der Waals surface area contributed by atoms with Crippen LogP contribution in [0.15, 0.2) is 35.1 Å². The highest BCUT2D eigenvalue weighted by Crippen LogP contribution is 2.22. The van der Waals surface area contributed by atoms with Crippen LogP contribution in [0.3, 0.4) is 0 Å². The first-order chi connectivity index (χ1) is 9.78. The van der Waals surface area contributed by atoms with Crippen LogP contribution >= 0.6 is 0 Å². The largest absolute Gasteiger partial charge is 0.358 e. The van der Waals surface area contributed by atoms with Crippen molar-refractivity contribution in [3.63, 3.8) is 0 Å². The Kier molecular flexibility index (Phi) is 3.74. The second-order valence-corrected chi connectivity index (χ2v) is 5.56. The Morgan fingerprint density at radius 3 is 2.80 bits per heavy atom. The smallest absolute Gasteiger partial charge is 0.257 e. The summed E-state index contributed by atoms with van der Waals surface area (Å²) in [6.45, 7) is 3.11. The van der Waals surface area contributed by atoms with E-state index in [2.05, 4.69) is 21.3 Å². The van der Waals surface area contributed by atoms with E-state index in [-0.39, 0.29) is 5.56 Å². The number of nitrogens with zero attached hydrogens (tertiary/aromatic N) is 1. The molecule has 0 spiro atoms. The number of hydrogen-bond acceptors (Lipinski definition) is 3. The Morgan fingerprint density at radius 1 is 1.30 bits per heavy atom. The van der Waals surface area contributed by atoms with Crippen LogP contribution in [-0.4, -0.2) is 31.7 Å². The third-order valence-corrected chi connectivity index (χ3v) is 4.19. The first kappa shape index (κ1) is 13.2. The van der Waals surface area contributed by atoms with Crippen LogP contribution in [0.4, 0.5) is 5.82 Å². The van der Waals surface area contributed by atoms with Gasteiger partial charge in [0.15, 0.2) is 0 Å². The second-order valence-electron chi connectivity index (χ2n) is 5.56. The van der Waals surface area contributed by atoms with Gasteiger partial charge in [-0.3, -0.25) is 4.79 Å². The minimum atomic E-state index is 0.00967. The quantitative estimate of drug-likeness (QED) is 0.897. The minimum absolute atomic E-state index is 0.00967. The van der Waals surface area contributed by atoms with E-state index >= 15 is 0 Å². The standard InChI is InChI=1S/C16H21N3O/c1-17-11-12-6-8-19(9-7-12)15-10-13-4-2-3-5-14(13)16(20)18-15/h2-5,10,12,17H,6-9,11H2,1H3,(H,18,20). The molecule has 0 atom stereocenters. The van der Waals surface area contributed by atoms with Gasteiger partial charge in [0.25, 0.3) is 5.56 Å². The van der Waals surface area contributed by atoms with Crippen molar-refractivity contribution in [2.45, 2.75) is 12.8 Å². The van der Waals surface area contributed by atoms with Crippen LogP contribution in [0, 0.1) is 5.92 Å². The molecule has 1 aliphatic heterocycles. The van der Waals surface area contributed by atoms with E-state index in [1.54, 1.807) is 0 Å². The molecule has 4 heteroatoms. The second kappa shape index (κ2) is 5.67. The van der Waals surface area contributed by atoms with Gasteiger partial charge >= 0.3 is 0 Å². The maximum absolute atomic E-state index is 12.1. The summed E-state index contributed by atoms with van der Waals surface area (Å²) in [5.74, 6) is 1.71. The van der Waals surface area contributed by atoms with Gasteiger partial charge in [-0.25, -0.2) is 0 Å². The number of aromatic amines is 1. The van der Waals surface area contributed by atoms with Gasteiger partial charge in [0.1, 0.15) is 5.82 Å². The molecule has 0 unspecified atom stereocenters. The van der Waals surface area contributed by atoms with Gasteiger partial charge in [-0.1, -0.05) is 18.2 Å². The number of piperidine rings is 1. The number of hydrogen-bond donors (Lipinski definition) is 2. The van der Waals surface area contributed by atoms with E-state index in [4.69, 9.17) is 0 Å². The summed E-state index contributed by atoms with van der Waals surface area (Å²) in [7, 11) is 2.01. The molecular weight excluding hydrogens is 250 g/mol. The SMILES string of the molecule is CNCC1CCN(c2cc3ccccc3c(=O)[nH]2)CC1. The molecular formula is C16H21N3O. The van der Waals surface area contributed by atoms with Gasteiger partial charge in [0, 0.05) is 18.5 Å². The van der Waals surface area contributed by atoms with Crippen molar-refractivity contribution in [1.29, 1.82) is 0 Å². The molecule has 3 rings (SSSR count). The molecule has 1 aliphatic rings. The van der Waals surface area contributed by atoms with Gasteiger partial charge < -0.3 is 15.2 Å². The number of aromatic nitrogens is 1. The Bertz CT molecular complexity index is 641. The van der Waals surface area contributed by atoms with E-state index < -0.39 is 0 Å². The van der Waals surface area contributed by atoms with E-state index in [1.807, 2.05) is 31.3 Å². The molecule has 0 aliphatic carbocycles. The summed E-state index contributed by atoms with van der Waals surface area (Å²) in [4.78, 5) is 17.4. The topological polar surface area (TPSA) is 48.1 Å². The highest BCUT2D eigenvalue weighted by molar-refractivity contribution is 5.83. The monoisotopic (exact) mass is 271 g/mol. The third kappa shape index (κ3) is 2.56. The normalized spacial score (nSPS) is 16.8. The predicted molar refractivity (Wildman–Crippen MR) is 83.4 cm³/mol. The lowest BCUT2D eigenvalue weighted by Crippen LogP contribution is -2.37. The lowest BCUT2D eigenvalue weighted by molar-refractivity contribution is 0.392. The van der Waals surface area contributed by atoms with Crippen molar-refractivity contribution in [3.05, 3.63) is 40.7 Å². The Morgan fingerprint density at radius 2 is 2.05 bits per heavy atom. The van der Waals surface area contributed by atoms with Gasteiger partial charge in [-0.05, 0) is 49.9 Å². The fraction of sp³-hybridized carbons (Fsp3) is 0.438. The summed E-state index contributed by atoms with van der Waals surface area (Å²) in [6, 6.07) is 9.85. The zero-order chi connectivity index (χ0) is 13.9. The summed E-state index contributed by atoms with van der Waals surface area (Å²) in [5, 5.41) is 5.03. The van der Waals surface area contributed by atoms with Crippen LogP contribution in [0.25, 0.3) is 10.8 Å². The number of H-pyrrole nitrogens is 1. The van der Waals surface area contributed by atoms with Crippen molar-refractivity contribution in [3.8, 4) is 0 Å². The van der Waals surface area contributed by atoms with Crippen LogP contribution in [0.1, 0.15) is 12.8 Å². The number of pyridine rings is 1. The molecule has 0 bridgehead atoms. The molecule has 1 fully saturated rings. The molecule has 0 saturated carbocycles. The molecule has 0 radical (unpaired) electrons. The zero-order valence-electron chi connectivity index (χ0n) is 11.9. The number of fused-ring (bicyclic) bond motifs is 1. The average Bonchev–Trinajstić information content (AvgIpc) is 2.48. The van der Waals surface area contributed by atoms with E-state index in [9.17, 15) is 4.79 Å². The molecule has 2 heterocycles. The fourth-order valence-electron chi connectivity index (χ4n) is 3.03. The summed E-state index contributed by atoms with van der Waals surface area (Å²) < 4.78 is 0. The van der Waals surface area contributed by atoms with Crippen LogP contribution in [0.5, 0.6) is 0 Å². The van der Waals surface area contributed by atoms with Crippen LogP contribution < -0.4 is 15.8 Å². The first-order valence-corrected chi connectivity index (χ1v) is 7.29. The Balaban J connectivity index is 1.83. The average molecular weight is 271 g/mol. The van der Waals surface area contributed by atoms with Crippen molar-refractivity contribution >= 4 is 16.6 Å². The first-order valence-electron chi connectivity index (χ1n) is 7.29.